The van der Waals surface area contributed by atoms with Crippen LogP contribution in [0.15, 0.2) is 28.2 Å². The highest BCUT2D eigenvalue weighted by Gasteiger charge is 2.41. The number of thiophene rings is 1. The molecule has 2 aliphatic carbocycles. The van der Waals surface area contributed by atoms with E-state index in [-0.39, 0.29) is 12.3 Å². The molecule has 0 radical (unpaired) electrons. The fourth-order valence-electron chi connectivity index (χ4n) is 4.01. The number of nitrogens with zero attached hydrogens (tertiary/aromatic N) is 1. The van der Waals surface area contributed by atoms with Gasteiger partial charge >= 0.3 is 0 Å². The molecule has 3 unspecified atom stereocenters. The highest BCUT2D eigenvalue weighted by atomic mass is 32.2. The SMILES string of the molecule is O=S(=O)(CC1CC2CCC1C2)NCc1coc(-c2cccs2)n1. The number of hydrogen-bond acceptors (Lipinski definition) is 5. The van der Waals surface area contributed by atoms with E-state index in [9.17, 15) is 8.42 Å². The van der Waals surface area contributed by atoms with Crippen LogP contribution in [0.4, 0.5) is 0 Å². The van der Waals surface area contributed by atoms with Crippen molar-refractivity contribution >= 4 is 21.4 Å². The Morgan fingerprint density at radius 1 is 1.35 bits per heavy atom. The van der Waals surface area contributed by atoms with E-state index in [2.05, 4.69) is 9.71 Å². The van der Waals surface area contributed by atoms with Gasteiger partial charge in [0.05, 0.1) is 22.9 Å². The van der Waals surface area contributed by atoms with E-state index in [0.717, 1.165) is 17.2 Å². The van der Waals surface area contributed by atoms with Crippen LogP contribution in [0.2, 0.25) is 0 Å². The van der Waals surface area contributed by atoms with Gasteiger partial charge in [-0.2, -0.15) is 0 Å². The molecule has 0 spiro atoms. The van der Waals surface area contributed by atoms with E-state index in [1.54, 1.807) is 11.3 Å². The highest BCUT2D eigenvalue weighted by Crippen LogP contribution is 2.48. The fourth-order valence-corrected chi connectivity index (χ4v) is 6.12. The highest BCUT2D eigenvalue weighted by molar-refractivity contribution is 7.89. The third-order valence-electron chi connectivity index (χ3n) is 5.07. The molecule has 4 rings (SSSR count). The van der Waals surface area contributed by atoms with Gasteiger partial charge in [-0.25, -0.2) is 18.1 Å². The first-order chi connectivity index (χ1) is 11.1. The van der Waals surface area contributed by atoms with Crippen LogP contribution in [-0.4, -0.2) is 19.2 Å². The Balaban J connectivity index is 1.35. The fraction of sp³-hybridized carbons (Fsp3) is 0.562. The molecular weight excluding hydrogens is 332 g/mol. The summed E-state index contributed by atoms with van der Waals surface area (Å²) >= 11 is 1.55. The molecule has 3 atom stereocenters. The van der Waals surface area contributed by atoms with Crippen LogP contribution in [0.3, 0.4) is 0 Å². The summed E-state index contributed by atoms with van der Waals surface area (Å²) < 4.78 is 32.7. The monoisotopic (exact) mass is 352 g/mol. The largest absolute Gasteiger partial charge is 0.444 e. The first-order valence-corrected chi connectivity index (χ1v) is 10.6. The minimum Gasteiger partial charge on any atom is -0.444 e. The zero-order valence-corrected chi connectivity index (χ0v) is 14.4. The molecule has 2 saturated carbocycles. The summed E-state index contributed by atoms with van der Waals surface area (Å²) in [6.45, 7) is 0.192. The van der Waals surface area contributed by atoms with E-state index >= 15 is 0 Å². The molecule has 0 aromatic carbocycles. The van der Waals surface area contributed by atoms with Crippen molar-refractivity contribution in [1.29, 1.82) is 0 Å². The van der Waals surface area contributed by atoms with Gasteiger partial charge in [0.25, 0.3) is 0 Å². The third-order valence-corrected chi connectivity index (χ3v) is 7.38. The molecule has 23 heavy (non-hydrogen) atoms. The van der Waals surface area contributed by atoms with Crippen LogP contribution in [0, 0.1) is 17.8 Å². The first-order valence-electron chi connectivity index (χ1n) is 8.05. The van der Waals surface area contributed by atoms with Crippen molar-refractivity contribution in [2.45, 2.75) is 32.2 Å². The van der Waals surface area contributed by atoms with Crippen LogP contribution in [-0.2, 0) is 16.6 Å². The second-order valence-corrected chi connectivity index (χ2v) is 9.46. The Morgan fingerprint density at radius 2 is 2.26 bits per heavy atom. The number of fused-ring (bicyclic) bond motifs is 2. The molecule has 5 nitrogen and oxygen atoms in total. The van der Waals surface area contributed by atoms with Gasteiger partial charge in [0.2, 0.25) is 15.9 Å². The van der Waals surface area contributed by atoms with E-state index in [1.165, 1.54) is 25.5 Å². The second-order valence-electron chi connectivity index (χ2n) is 6.66. The summed E-state index contributed by atoms with van der Waals surface area (Å²) in [5, 5.41) is 1.96. The zero-order chi connectivity index (χ0) is 15.9. The van der Waals surface area contributed by atoms with Gasteiger partial charge in [0.1, 0.15) is 6.26 Å². The second kappa shape index (κ2) is 6.03. The van der Waals surface area contributed by atoms with Crippen molar-refractivity contribution in [2.24, 2.45) is 17.8 Å². The lowest BCUT2D eigenvalue weighted by Gasteiger charge is -2.21. The topological polar surface area (TPSA) is 72.2 Å². The molecule has 1 N–H and O–H groups in total. The number of sulfonamides is 1. The molecule has 2 heterocycles. The lowest BCUT2D eigenvalue weighted by molar-refractivity contribution is 0.359. The summed E-state index contributed by atoms with van der Waals surface area (Å²) in [5.41, 5.74) is 0.616. The van der Waals surface area contributed by atoms with Gasteiger partial charge in [-0.3, -0.25) is 0 Å². The van der Waals surface area contributed by atoms with Crippen LogP contribution in [0.25, 0.3) is 10.8 Å². The van der Waals surface area contributed by atoms with Crippen molar-refractivity contribution in [3.05, 3.63) is 29.5 Å². The smallest absolute Gasteiger partial charge is 0.236 e. The maximum atomic E-state index is 12.3. The van der Waals surface area contributed by atoms with Crippen molar-refractivity contribution < 1.29 is 12.8 Å². The molecular formula is C16H20N2O3S2. The quantitative estimate of drug-likeness (QED) is 0.866. The summed E-state index contributed by atoms with van der Waals surface area (Å²) in [6.07, 6.45) is 6.33. The van der Waals surface area contributed by atoms with Crippen LogP contribution < -0.4 is 4.72 Å². The summed E-state index contributed by atoms with van der Waals surface area (Å²) in [4.78, 5) is 5.29. The van der Waals surface area contributed by atoms with Crippen molar-refractivity contribution in [3.63, 3.8) is 0 Å². The van der Waals surface area contributed by atoms with Gasteiger partial charge in [-0.15, -0.1) is 11.3 Å². The Kier molecular flexibility index (Phi) is 4.03. The Bertz CT molecular complexity index is 767. The van der Waals surface area contributed by atoms with Crippen molar-refractivity contribution in [3.8, 4) is 10.8 Å². The number of rotatable bonds is 6. The summed E-state index contributed by atoms with van der Waals surface area (Å²) in [6, 6.07) is 3.86. The molecule has 2 fully saturated rings. The van der Waals surface area contributed by atoms with E-state index in [4.69, 9.17) is 4.42 Å². The van der Waals surface area contributed by atoms with E-state index in [1.807, 2.05) is 17.5 Å². The first kappa shape index (κ1) is 15.4. The predicted octanol–water partition coefficient (Wildman–Crippen LogP) is 3.26. The van der Waals surface area contributed by atoms with Crippen molar-refractivity contribution in [1.82, 2.24) is 9.71 Å². The predicted molar refractivity (Wildman–Crippen MR) is 89.4 cm³/mol. The Hall–Kier alpha value is -1.18. The van der Waals surface area contributed by atoms with Gasteiger partial charge in [-0.1, -0.05) is 12.5 Å². The number of nitrogens with one attached hydrogen (secondary N) is 1. The molecule has 124 valence electrons. The molecule has 0 amide bonds. The van der Waals surface area contributed by atoms with Crippen LogP contribution >= 0.6 is 11.3 Å². The average Bonchev–Trinajstić information content (AvgIpc) is 3.27. The van der Waals surface area contributed by atoms with Gasteiger partial charge < -0.3 is 4.42 Å². The van der Waals surface area contributed by atoms with Gasteiger partial charge in [-0.05, 0) is 48.5 Å². The zero-order valence-electron chi connectivity index (χ0n) is 12.8. The maximum absolute atomic E-state index is 12.3. The van der Waals surface area contributed by atoms with Gasteiger partial charge in [0, 0.05) is 0 Å². The Morgan fingerprint density at radius 3 is 2.96 bits per heavy atom. The minimum absolute atomic E-state index is 0.192. The molecule has 0 aliphatic heterocycles. The summed E-state index contributed by atoms with van der Waals surface area (Å²) in [7, 11) is -3.26. The normalized spacial score (nSPS) is 26.9. The Labute approximate surface area is 140 Å². The average molecular weight is 352 g/mol. The minimum atomic E-state index is -3.26. The number of hydrogen-bond donors (Lipinski definition) is 1. The van der Waals surface area contributed by atoms with Gasteiger partial charge in [0.15, 0.2) is 0 Å². The molecule has 2 aromatic rings. The molecule has 2 aliphatic rings. The summed E-state index contributed by atoms with van der Waals surface area (Å²) in [5.74, 6) is 2.52. The lowest BCUT2D eigenvalue weighted by Crippen LogP contribution is -2.31. The number of aromatic nitrogens is 1. The molecule has 2 aromatic heterocycles. The standard InChI is InChI=1S/C16H20N2O3S2/c19-23(20,10-13-7-11-3-4-12(13)6-11)17-8-14-9-21-16(18-14)15-2-1-5-22-15/h1-2,5,9,11-13,17H,3-4,6-8,10H2. The van der Waals surface area contributed by atoms with E-state index < -0.39 is 10.0 Å². The van der Waals surface area contributed by atoms with E-state index in [0.29, 0.717) is 23.4 Å². The van der Waals surface area contributed by atoms with Crippen LogP contribution in [0.5, 0.6) is 0 Å². The lowest BCUT2D eigenvalue weighted by atomic mass is 9.90. The molecule has 7 heteroatoms. The van der Waals surface area contributed by atoms with Crippen LogP contribution in [0.1, 0.15) is 31.4 Å². The third kappa shape index (κ3) is 3.36. The molecule has 0 saturated heterocycles. The maximum Gasteiger partial charge on any atom is 0.236 e. The number of oxazole rings is 1. The molecule has 2 bridgehead atoms. The van der Waals surface area contributed by atoms with Crippen molar-refractivity contribution in [2.75, 3.05) is 5.75 Å².